The molecule has 0 saturated heterocycles. The van der Waals surface area contributed by atoms with Crippen LogP contribution in [0.25, 0.3) is 11.3 Å². The van der Waals surface area contributed by atoms with Crippen LogP contribution in [0.15, 0.2) is 12.1 Å². The SMILES string of the molecule is COc1cc(F)c(C(F)(F)F)cc1-c1nc(N)nc(N)c1C#N. The number of ether oxygens (including phenoxy) is 1. The van der Waals surface area contributed by atoms with E-state index in [0.29, 0.717) is 12.1 Å². The molecule has 4 N–H and O–H groups in total. The lowest BCUT2D eigenvalue weighted by molar-refractivity contribution is -0.139. The molecule has 10 heteroatoms. The van der Waals surface area contributed by atoms with Crippen LogP contribution in [0.4, 0.5) is 29.3 Å². The highest BCUT2D eigenvalue weighted by molar-refractivity contribution is 5.77. The molecule has 0 bridgehead atoms. The van der Waals surface area contributed by atoms with Gasteiger partial charge in [-0.2, -0.15) is 23.4 Å². The van der Waals surface area contributed by atoms with Gasteiger partial charge >= 0.3 is 6.18 Å². The molecule has 1 heterocycles. The molecule has 0 aliphatic heterocycles. The Hall–Kier alpha value is -3.09. The van der Waals surface area contributed by atoms with Crippen LogP contribution in [0.5, 0.6) is 5.75 Å². The van der Waals surface area contributed by atoms with Crippen molar-refractivity contribution in [3.8, 4) is 23.1 Å². The van der Waals surface area contributed by atoms with E-state index in [1.807, 2.05) is 0 Å². The molecule has 2 aromatic rings. The molecule has 120 valence electrons. The van der Waals surface area contributed by atoms with Gasteiger partial charge in [0.05, 0.1) is 18.4 Å². The maximum absolute atomic E-state index is 13.6. The molecular weight excluding hydrogens is 318 g/mol. The Labute approximate surface area is 127 Å². The van der Waals surface area contributed by atoms with Gasteiger partial charge in [0, 0.05) is 11.6 Å². The Bertz CT molecular complexity index is 813. The van der Waals surface area contributed by atoms with Gasteiger partial charge < -0.3 is 16.2 Å². The highest BCUT2D eigenvalue weighted by Crippen LogP contribution is 2.40. The normalized spacial score (nSPS) is 11.1. The van der Waals surface area contributed by atoms with Crippen molar-refractivity contribution in [1.29, 1.82) is 5.26 Å². The van der Waals surface area contributed by atoms with E-state index < -0.39 is 17.6 Å². The van der Waals surface area contributed by atoms with Gasteiger partial charge in [0.2, 0.25) is 5.95 Å². The van der Waals surface area contributed by atoms with Crippen molar-refractivity contribution in [2.45, 2.75) is 6.18 Å². The Morgan fingerprint density at radius 1 is 1.22 bits per heavy atom. The van der Waals surface area contributed by atoms with Crippen molar-refractivity contribution in [3.63, 3.8) is 0 Å². The van der Waals surface area contributed by atoms with Crippen molar-refractivity contribution in [2.24, 2.45) is 0 Å². The number of benzene rings is 1. The van der Waals surface area contributed by atoms with E-state index in [9.17, 15) is 17.6 Å². The first-order valence-corrected chi connectivity index (χ1v) is 5.97. The lowest BCUT2D eigenvalue weighted by Gasteiger charge is -2.15. The standard InChI is InChI=1S/C13H9F4N5O/c1-23-9-3-8(14)7(13(15,16)17)2-5(9)10-6(4-18)11(19)22-12(20)21-10/h2-3H,1H3,(H4,19,20,21,22). The average Bonchev–Trinajstić information content (AvgIpc) is 2.44. The van der Waals surface area contributed by atoms with Gasteiger partial charge in [-0.1, -0.05) is 0 Å². The van der Waals surface area contributed by atoms with Gasteiger partial charge in [0.25, 0.3) is 0 Å². The summed E-state index contributed by atoms with van der Waals surface area (Å²) in [6.07, 6.45) is -4.94. The minimum atomic E-state index is -4.94. The summed E-state index contributed by atoms with van der Waals surface area (Å²) in [6.45, 7) is 0. The van der Waals surface area contributed by atoms with Gasteiger partial charge in [-0.15, -0.1) is 0 Å². The number of hydrogen-bond acceptors (Lipinski definition) is 6. The Morgan fingerprint density at radius 3 is 2.39 bits per heavy atom. The summed E-state index contributed by atoms with van der Waals surface area (Å²) in [6, 6.07) is 2.71. The lowest BCUT2D eigenvalue weighted by atomic mass is 10.0. The second-order valence-electron chi connectivity index (χ2n) is 4.33. The number of nitrogens with two attached hydrogens (primary N) is 2. The van der Waals surface area contributed by atoms with E-state index in [0.717, 1.165) is 7.11 Å². The quantitative estimate of drug-likeness (QED) is 0.819. The van der Waals surface area contributed by atoms with Crippen LogP contribution in [-0.2, 0) is 6.18 Å². The van der Waals surface area contributed by atoms with Crippen molar-refractivity contribution in [3.05, 3.63) is 29.1 Å². The van der Waals surface area contributed by atoms with E-state index in [1.165, 1.54) is 0 Å². The maximum Gasteiger partial charge on any atom is 0.419 e. The molecule has 1 aromatic carbocycles. The summed E-state index contributed by atoms with van der Waals surface area (Å²) in [5.74, 6) is -2.44. The number of anilines is 2. The zero-order valence-corrected chi connectivity index (χ0v) is 11.6. The van der Waals surface area contributed by atoms with Crippen LogP contribution in [-0.4, -0.2) is 17.1 Å². The first-order chi connectivity index (χ1) is 10.7. The smallest absolute Gasteiger partial charge is 0.419 e. The van der Waals surface area contributed by atoms with E-state index >= 15 is 0 Å². The largest absolute Gasteiger partial charge is 0.496 e. The van der Waals surface area contributed by atoms with Crippen LogP contribution < -0.4 is 16.2 Å². The minimum Gasteiger partial charge on any atom is -0.496 e. The molecule has 0 atom stereocenters. The number of rotatable bonds is 2. The zero-order valence-electron chi connectivity index (χ0n) is 11.6. The molecule has 0 radical (unpaired) electrons. The van der Waals surface area contributed by atoms with Crippen molar-refractivity contribution in [2.75, 3.05) is 18.6 Å². The highest BCUT2D eigenvalue weighted by atomic mass is 19.4. The Morgan fingerprint density at radius 2 is 1.87 bits per heavy atom. The Kier molecular flexibility index (Phi) is 3.97. The fourth-order valence-electron chi connectivity index (χ4n) is 1.93. The number of nitrogens with zero attached hydrogens (tertiary/aromatic N) is 3. The Balaban J connectivity index is 2.86. The summed E-state index contributed by atoms with van der Waals surface area (Å²) in [5.41, 5.74) is 8.56. The average molecular weight is 327 g/mol. The fourth-order valence-corrected chi connectivity index (χ4v) is 1.93. The molecule has 1 aromatic heterocycles. The van der Waals surface area contributed by atoms with E-state index in [1.54, 1.807) is 6.07 Å². The van der Waals surface area contributed by atoms with E-state index in [2.05, 4.69) is 9.97 Å². The molecule has 0 aliphatic carbocycles. The van der Waals surface area contributed by atoms with Crippen LogP contribution in [0, 0.1) is 17.1 Å². The molecule has 0 spiro atoms. The molecule has 2 rings (SSSR count). The predicted octanol–water partition coefficient (Wildman–Crippen LogP) is 2.35. The number of nitriles is 1. The van der Waals surface area contributed by atoms with Crippen LogP contribution in [0.1, 0.15) is 11.1 Å². The summed E-state index contributed by atoms with van der Waals surface area (Å²) in [4.78, 5) is 7.29. The summed E-state index contributed by atoms with van der Waals surface area (Å²) in [5, 5.41) is 9.11. The molecule has 23 heavy (non-hydrogen) atoms. The number of hydrogen-bond donors (Lipinski definition) is 2. The molecule has 0 saturated carbocycles. The van der Waals surface area contributed by atoms with Crippen LogP contribution in [0.2, 0.25) is 0 Å². The summed E-state index contributed by atoms with van der Waals surface area (Å²) < 4.78 is 57.2. The topological polar surface area (TPSA) is 111 Å². The van der Waals surface area contributed by atoms with Gasteiger partial charge in [-0.25, -0.2) is 9.37 Å². The molecule has 0 unspecified atom stereocenters. The maximum atomic E-state index is 13.6. The monoisotopic (exact) mass is 327 g/mol. The molecule has 6 nitrogen and oxygen atoms in total. The molecule has 0 amide bonds. The second-order valence-corrected chi connectivity index (χ2v) is 4.33. The lowest BCUT2D eigenvalue weighted by Crippen LogP contribution is -2.10. The number of methoxy groups -OCH3 is 1. The van der Waals surface area contributed by atoms with Gasteiger partial charge in [0.1, 0.15) is 29.0 Å². The number of alkyl halides is 3. The minimum absolute atomic E-state index is 0.260. The van der Waals surface area contributed by atoms with Crippen LogP contribution >= 0.6 is 0 Å². The predicted molar refractivity (Wildman–Crippen MR) is 72.5 cm³/mol. The third-order valence-corrected chi connectivity index (χ3v) is 2.92. The first kappa shape index (κ1) is 16.3. The number of aromatic nitrogens is 2. The zero-order chi connectivity index (χ0) is 17.4. The van der Waals surface area contributed by atoms with E-state index in [-0.39, 0.29) is 34.3 Å². The molecule has 0 aliphatic rings. The number of halogens is 4. The van der Waals surface area contributed by atoms with Crippen LogP contribution in [0.3, 0.4) is 0 Å². The summed E-state index contributed by atoms with van der Waals surface area (Å²) >= 11 is 0. The third kappa shape index (κ3) is 2.94. The highest BCUT2D eigenvalue weighted by Gasteiger charge is 2.36. The van der Waals surface area contributed by atoms with Crippen molar-refractivity contribution < 1.29 is 22.3 Å². The second kappa shape index (κ2) is 5.60. The summed E-state index contributed by atoms with van der Waals surface area (Å²) in [7, 11) is 1.13. The van der Waals surface area contributed by atoms with Gasteiger partial charge in [0.15, 0.2) is 0 Å². The van der Waals surface area contributed by atoms with E-state index in [4.69, 9.17) is 21.5 Å². The molecule has 0 fully saturated rings. The van der Waals surface area contributed by atoms with Crippen molar-refractivity contribution in [1.82, 2.24) is 9.97 Å². The van der Waals surface area contributed by atoms with Crippen molar-refractivity contribution >= 4 is 11.8 Å². The third-order valence-electron chi connectivity index (χ3n) is 2.92. The van der Waals surface area contributed by atoms with Gasteiger partial charge in [-0.3, -0.25) is 0 Å². The number of nitrogen functional groups attached to an aromatic ring is 2. The van der Waals surface area contributed by atoms with Gasteiger partial charge in [-0.05, 0) is 6.07 Å². The molecular formula is C13H9F4N5O. The first-order valence-electron chi connectivity index (χ1n) is 5.97. The fraction of sp³-hybridized carbons (Fsp3) is 0.154.